The smallest absolute Gasteiger partial charge is 0.276 e. The lowest BCUT2D eigenvalue weighted by atomic mass is 9.89. The van der Waals surface area contributed by atoms with Gasteiger partial charge in [-0.3, -0.25) is 14.2 Å². The number of hydrogen-bond acceptors (Lipinski definition) is 6. The average molecular weight is 368 g/mol. The molecule has 4 rings (SSSR count). The van der Waals surface area contributed by atoms with Crippen LogP contribution in [0.1, 0.15) is 55.1 Å². The topological polar surface area (TPSA) is 101 Å². The second-order valence-corrected chi connectivity index (χ2v) is 7.22. The first-order valence-corrected chi connectivity index (χ1v) is 9.47. The van der Waals surface area contributed by atoms with Gasteiger partial charge in [-0.1, -0.05) is 6.42 Å². The summed E-state index contributed by atoms with van der Waals surface area (Å²) in [7, 11) is 0. The number of nitrogens with zero attached hydrogens (tertiary/aromatic N) is 3. The molecule has 8 nitrogen and oxygen atoms in total. The van der Waals surface area contributed by atoms with Gasteiger partial charge >= 0.3 is 0 Å². The van der Waals surface area contributed by atoms with Gasteiger partial charge in [0.05, 0.1) is 0 Å². The van der Waals surface area contributed by atoms with E-state index in [9.17, 15) is 9.59 Å². The van der Waals surface area contributed by atoms with Crippen molar-refractivity contribution in [3.8, 4) is 0 Å². The molecule has 1 fully saturated rings. The first kappa shape index (κ1) is 17.5. The quantitative estimate of drug-likeness (QED) is 0.766. The van der Waals surface area contributed by atoms with Crippen LogP contribution in [0.25, 0.3) is 0 Å². The van der Waals surface area contributed by atoms with Crippen LogP contribution in [-0.2, 0) is 5.66 Å². The zero-order valence-electron chi connectivity index (χ0n) is 15.6. The Balaban J connectivity index is 1.77. The summed E-state index contributed by atoms with van der Waals surface area (Å²) in [6.07, 6.45) is 6.15. The first-order valence-electron chi connectivity index (χ1n) is 9.47. The lowest BCUT2D eigenvalue weighted by Crippen LogP contribution is -2.48. The molecule has 1 aliphatic heterocycles. The Morgan fingerprint density at radius 2 is 1.89 bits per heavy atom. The number of fused-ring (bicyclic) bond motifs is 2. The number of aromatic nitrogens is 3. The van der Waals surface area contributed by atoms with Crippen molar-refractivity contribution in [2.24, 2.45) is 0 Å². The van der Waals surface area contributed by atoms with E-state index < -0.39 is 5.66 Å². The minimum atomic E-state index is -0.592. The fourth-order valence-electron chi connectivity index (χ4n) is 4.18. The normalized spacial score (nSPS) is 17.5. The molecular weight excluding hydrogens is 344 g/mol. The SMILES string of the molecule is CCNc1cc(Nc2cc(C)c3n(c2=O)C2(CCCCC2)NC3=O)ncn1. The molecule has 0 saturated heterocycles. The summed E-state index contributed by atoms with van der Waals surface area (Å²) in [6.45, 7) is 4.59. The van der Waals surface area contributed by atoms with E-state index in [1.807, 2.05) is 13.8 Å². The van der Waals surface area contributed by atoms with Gasteiger partial charge in [0.25, 0.3) is 11.5 Å². The minimum absolute atomic E-state index is 0.158. The van der Waals surface area contributed by atoms with Crippen LogP contribution < -0.4 is 21.5 Å². The van der Waals surface area contributed by atoms with Crippen LogP contribution in [0, 0.1) is 6.92 Å². The van der Waals surface area contributed by atoms with Crippen molar-refractivity contribution >= 4 is 23.2 Å². The molecule has 0 atom stereocenters. The van der Waals surface area contributed by atoms with Crippen molar-refractivity contribution in [1.29, 1.82) is 0 Å². The van der Waals surface area contributed by atoms with Crippen molar-refractivity contribution in [3.05, 3.63) is 40.1 Å². The average Bonchev–Trinajstić information content (AvgIpc) is 2.93. The lowest BCUT2D eigenvalue weighted by molar-refractivity contribution is 0.0876. The van der Waals surface area contributed by atoms with Gasteiger partial charge in [0.15, 0.2) is 0 Å². The third-order valence-corrected chi connectivity index (χ3v) is 5.35. The fraction of sp³-hybridized carbons (Fsp3) is 0.474. The summed E-state index contributed by atoms with van der Waals surface area (Å²) < 4.78 is 1.68. The Bertz CT molecular complexity index is 946. The highest BCUT2D eigenvalue weighted by molar-refractivity contribution is 5.97. The molecule has 27 heavy (non-hydrogen) atoms. The molecule has 0 aromatic carbocycles. The van der Waals surface area contributed by atoms with Crippen LogP contribution in [-0.4, -0.2) is 27.0 Å². The van der Waals surface area contributed by atoms with E-state index in [4.69, 9.17) is 0 Å². The van der Waals surface area contributed by atoms with E-state index in [0.717, 1.165) is 44.2 Å². The maximum atomic E-state index is 13.3. The molecule has 2 aliphatic rings. The largest absolute Gasteiger partial charge is 0.370 e. The van der Waals surface area contributed by atoms with Crippen molar-refractivity contribution in [2.45, 2.75) is 51.6 Å². The van der Waals surface area contributed by atoms with E-state index in [1.54, 1.807) is 16.7 Å². The second kappa shape index (κ2) is 6.68. The minimum Gasteiger partial charge on any atom is -0.370 e. The number of pyridine rings is 1. The first-order chi connectivity index (χ1) is 13.0. The van der Waals surface area contributed by atoms with Gasteiger partial charge < -0.3 is 16.0 Å². The molecule has 1 aliphatic carbocycles. The Labute approximate surface area is 157 Å². The molecule has 1 spiro atoms. The van der Waals surface area contributed by atoms with Crippen LogP contribution in [0.2, 0.25) is 0 Å². The number of carbonyl (C=O) groups is 1. The van der Waals surface area contributed by atoms with Gasteiger partial charge in [-0.05, 0) is 51.2 Å². The molecule has 1 amide bonds. The van der Waals surface area contributed by atoms with Gasteiger partial charge in [-0.25, -0.2) is 9.97 Å². The predicted octanol–water partition coefficient (Wildman–Crippen LogP) is 2.48. The number of amides is 1. The lowest BCUT2D eigenvalue weighted by Gasteiger charge is -2.35. The van der Waals surface area contributed by atoms with Crippen LogP contribution in [0.15, 0.2) is 23.3 Å². The highest BCUT2D eigenvalue weighted by Crippen LogP contribution is 2.37. The molecule has 8 heteroatoms. The molecular formula is C19H24N6O2. The van der Waals surface area contributed by atoms with Gasteiger partial charge in [0.2, 0.25) is 0 Å². The molecule has 0 radical (unpaired) electrons. The van der Waals surface area contributed by atoms with E-state index in [0.29, 0.717) is 23.0 Å². The van der Waals surface area contributed by atoms with Crippen LogP contribution >= 0.6 is 0 Å². The highest BCUT2D eigenvalue weighted by Gasteiger charge is 2.45. The predicted molar refractivity (Wildman–Crippen MR) is 103 cm³/mol. The molecule has 2 aromatic rings. The summed E-state index contributed by atoms with van der Waals surface area (Å²) in [6, 6.07) is 3.49. The maximum Gasteiger partial charge on any atom is 0.276 e. The molecule has 3 heterocycles. The third kappa shape index (κ3) is 2.94. The summed E-state index contributed by atoms with van der Waals surface area (Å²) in [5.41, 5.74) is 0.880. The molecule has 3 N–H and O–H groups in total. The van der Waals surface area contributed by atoms with E-state index in [-0.39, 0.29) is 11.5 Å². The maximum absolute atomic E-state index is 13.3. The van der Waals surface area contributed by atoms with Gasteiger partial charge in [-0.15, -0.1) is 0 Å². The second-order valence-electron chi connectivity index (χ2n) is 7.22. The summed E-state index contributed by atoms with van der Waals surface area (Å²) >= 11 is 0. The molecule has 2 aromatic heterocycles. The summed E-state index contributed by atoms with van der Waals surface area (Å²) in [5.74, 6) is 1.07. The monoisotopic (exact) mass is 368 g/mol. The fourth-order valence-corrected chi connectivity index (χ4v) is 4.18. The molecule has 1 saturated carbocycles. The molecule has 0 unspecified atom stereocenters. The van der Waals surface area contributed by atoms with Crippen LogP contribution in [0.5, 0.6) is 0 Å². The van der Waals surface area contributed by atoms with E-state index >= 15 is 0 Å². The zero-order chi connectivity index (χ0) is 19.0. The number of carbonyl (C=O) groups excluding carboxylic acids is 1. The van der Waals surface area contributed by atoms with Crippen molar-refractivity contribution in [2.75, 3.05) is 17.2 Å². The third-order valence-electron chi connectivity index (χ3n) is 5.35. The highest BCUT2D eigenvalue weighted by atomic mass is 16.2. The number of aryl methyl sites for hydroxylation is 1. The van der Waals surface area contributed by atoms with Crippen LogP contribution in [0.3, 0.4) is 0 Å². The molecule has 142 valence electrons. The molecule has 0 bridgehead atoms. The van der Waals surface area contributed by atoms with Crippen LogP contribution in [0.4, 0.5) is 17.3 Å². The van der Waals surface area contributed by atoms with E-state index in [2.05, 4.69) is 25.9 Å². The zero-order valence-corrected chi connectivity index (χ0v) is 15.6. The summed E-state index contributed by atoms with van der Waals surface area (Å²) in [5, 5.41) is 9.33. The Kier molecular flexibility index (Phi) is 4.33. The number of anilines is 3. The van der Waals surface area contributed by atoms with Gasteiger partial charge in [0.1, 0.15) is 35.0 Å². The van der Waals surface area contributed by atoms with E-state index in [1.165, 1.54) is 6.33 Å². The van der Waals surface area contributed by atoms with Crippen molar-refractivity contribution < 1.29 is 4.79 Å². The van der Waals surface area contributed by atoms with Gasteiger partial charge in [-0.2, -0.15) is 0 Å². The van der Waals surface area contributed by atoms with Crippen molar-refractivity contribution in [1.82, 2.24) is 19.9 Å². The Morgan fingerprint density at radius 3 is 2.63 bits per heavy atom. The van der Waals surface area contributed by atoms with Crippen molar-refractivity contribution in [3.63, 3.8) is 0 Å². The number of hydrogen-bond donors (Lipinski definition) is 3. The Morgan fingerprint density at radius 1 is 1.15 bits per heavy atom. The summed E-state index contributed by atoms with van der Waals surface area (Å²) in [4.78, 5) is 34.2. The standard InChI is InChI=1S/C19H24N6O2/c1-3-20-14-10-15(22-11-21-14)23-13-9-12(2)16-17(26)24-19(25(16)18(13)27)7-5-4-6-8-19/h9-11H,3-8H2,1-2H3,(H,24,26)(H2,20,21,22,23). The number of rotatable bonds is 4. The Hall–Kier alpha value is -2.90. The number of nitrogens with one attached hydrogen (secondary N) is 3. The van der Waals surface area contributed by atoms with Gasteiger partial charge in [0, 0.05) is 12.6 Å².